The average molecular weight is 322 g/mol. The maximum Gasteiger partial charge on any atom is 0.155 e. The number of hydrogen-bond donors (Lipinski definition) is 0. The molecule has 1 nitrogen and oxygen atoms in total. The first-order chi connectivity index (χ1) is 8.31. The molecule has 17 heavy (non-hydrogen) atoms. The van der Waals surface area contributed by atoms with E-state index >= 15 is 0 Å². The van der Waals surface area contributed by atoms with Gasteiger partial charge < -0.3 is 0 Å². The van der Waals surface area contributed by atoms with Gasteiger partial charge in [-0.2, -0.15) is 0 Å². The average Bonchev–Trinajstić information content (AvgIpc) is 2.71. The van der Waals surface area contributed by atoms with E-state index in [-0.39, 0.29) is 0 Å². The maximum atomic E-state index is 4.61. The molecule has 0 saturated heterocycles. The zero-order chi connectivity index (χ0) is 11.7. The Hall–Kier alpha value is -0.840. The fourth-order valence-corrected chi connectivity index (χ4v) is 4.12. The Morgan fingerprint density at radius 3 is 2.71 bits per heavy atom. The molecular formula is C13H8BrNS2. The van der Waals surface area contributed by atoms with Gasteiger partial charge in [0.25, 0.3) is 0 Å². The van der Waals surface area contributed by atoms with Gasteiger partial charge in [-0.05, 0) is 30.3 Å². The second-order valence-corrected chi connectivity index (χ2v) is 6.77. The summed E-state index contributed by atoms with van der Waals surface area (Å²) in [5.41, 5.74) is 1.07. The van der Waals surface area contributed by atoms with E-state index in [0.29, 0.717) is 0 Å². The van der Waals surface area contributed by atoms with Crippen LogP contribution in [0.15, 0.2) is 62.2 Å². The van der Waals surface area contributed by atoms with Crippen molar-refractivity contribution in [3.05, 3.63) is 53.0 Å². The van der Waals surface area contributed by atoms with Crippen LogP contribution >= 0.6 is 39.0 Å². The lowest BCUT2D eigenvalue weighted by atomic mass is 10.3. The molecule has 0 radical (unpaired) electrons. The number of halogens is 1. The molecule has 0 spiro atoms. The topological polar surface area (TPSA) is 12.9 Å². The molecule has 2 aromatic carbocycles. The van der Waals surface area contributed by atoms with Crippen LogP contribution < -0.4 is 0 Å². The minimum atomic E-state index is 1.07. The predicted molar refractivity (Wildman–Crippen MR) is 77.9 cm³/mol. The Bertz CT molecular complexity index is 649. The molecule has 84 valence electrons. The lowest BCUT2D eigenvalue weighted by molar-refractivity contribution is 1.29. The summed E-state index contributed by atoms with van der Waals surface area (Å²) < 4.78 is 3.41. The molecule has 0 aliphatic rings. The van der Waals surface area contributed by atoms with Gasteiger partial charge in [0, 0.05) is 9.37 Å². The van der Waals surface area contributed by atoms with Gasteiger partial charge in [0.2, 0.25) is 0 Å². The van der Waals surface area contributed by atoms with E-state index in [9.17, 15) is 0 Å². The van der Waals surface area contributed by atoms with Crippen molar-refractivity contribution in [2.75, 3.05) is 0 Å². The third-order valence-electron chi connectivity index (χ3n) is 2.28. The first-order valence-electron chi connectivity index (χ1n) is 5.10. The summed E-state index contributed by atoms with van der Waals surface area (Å²) in [5.74, 6) is 0. The molecular weight excluding hydrogens is 314 g/mol. The van der Waals surface area contributed by atoms with Crippen LogP contribution in [0.1, 0.15) is 0 Å². The number of nitrogens with zero attached hydrogens (tertiary/aromatic N) is 1. The smallest absolute Gasteiger partial charge is 0.155 e. The van der Waals surface area contributed by atoms with Crippen molar-refractivity contribution in [3.63, 3.8) is 0 Å². The quantitative estimate of drug-likeness (QED) is 0.642. The molecule has 4 heteroatoms. The third-order valence-corrected chi connectivity index (χ3v) is 4.86. The second-order valence-electron chi connectivity index (χ2n) is 3.51. The molecule has 0 unspecified atom stereocenters. The van der Waals surface area contributed by atoms with Crippen molar-refractivity contribution in [1.29, 1.82) is 0 Å². The monoisotopic (exact) mass is 321 g/mol. The van der Waals surface area contributed by atoms with E-state index in [1.807, 2.05) is 30.3 Å². The van der Waals surface area contributed by atoms with Crippen molar-refractivity contribution >= 4 is 49.2 Å². The van der Waals surface area contributed by atoms with Gasteiger partial charge in [0.15, 0.2) is 4.34 Å². The van der Waals surface area contributed by atoms with Crippen LogP contribution in [0, 0.1) is 0 Å². The van der Waals surface area contributed by atoms with Gasteiger partial charge >= 0.3 is 0 Å². The molecule has 0 aliphatic carbocycles. The van der Waals surface area contributed by atoms with Crippen molar-refractivity contribution in [3.8, 4) is 0 Å². The number of benzene rings is 2. The Balaban J connectivity index is 1.96. The third kappa shape index (κ3) is 2.54. The van der Waals surface area contributed by atoms with Gasteiger partial charge in [0.05, 0.1) is 10.2 Å². The number of rotatable bonds is 2. The zero-order valence-electron chi connectivity index (χ0n) is 8.76. The van der Waals surface area contributed by atoms with Crippen LogP contribution in [0.5, 0.6) is 0 Å². The molecule has 0 atom stereocenters. The Labute approximate surface area is 116 Å². The number of fused-ring (bicyclic) bond motifs is 1. The van der Waals surface area contributed by atoms with E-state index < -0.39 is 0 Å². The van der Waals surface area contributed by atoms with Crippen LogP contribution in [-0.4, -0.2) is 4.98 Å². The second kappa shape index (κ2) is 4.80. The molecule has 1 aromatic heterocycles. The first kappa shape index (κ1) is 11.3. The largest absolute Gasteiger partial charge is 0.229 e. The molecule has 0 amide bonds. The zero-order valence-corrected chi connectivity index (χ0v) is 12.0. The first-order valence-corrected chi connectivity index (χ1v) is 7.53. The summed E-state index contributed by atoms with van der Waals surface area (Å²) in [4.78, 5) is 5.84. The van der Waals surface area contributed by atoms with Gasteiger partial charge in [-0.25, -0.2) is 4.98 Å². The predicted octanol–water partition coefficient (Wildman–Crippen LogP) is 5.21. The number of hydrogen-bond acceptors (Lipinski definition) is 3. The highest BCUT2D eigenvalue weighted by atomic mass is 79.9. The highest BCUT2D eigenvalue weighted by Crippen LogP contribution is 2.35. The Kier molecular flexibility index (Phi) is 3.18. The number of thiazole rings is 1. The van der Waals surface area contributed by atoms with Crippen molar-refractivity contribution in [2.45, 2.75) is 9.24 Å². The standard InChI is InChI=1S/C13H8BrNS2/c14-9-6-7-11-12(8-9)17-13(15-11)16-10-4-2-1-3-5-10/h1-8H. The van der Waals surface area contributed by atoms with Gasteiger partial charge in [-0.15, -0.1) is 11.3 Å². The maximum absolute atomic E-state index is 4.61. The van der Waals surface area contributed by atoms with Gasteiger partial charge in [-0.1, -0.05) is 45.9 Å². The summed E-state index contributed by atoms with van der Waals surface area (Å²) in [6, 6.07) is 16.5. The summed E-state index contributed by atoms with van der Waals surface area (Å²) in [5, 5.41) is 0. The highest BCUT2D eigenvalue weighted by Gasteiger charge is 2.05. The van der Waals surface area contributed by atoms with E-state index in [2.05, 4.69) is 39.1 Å². The van der Waals surface area contributed by atoms with Crippen LogP contribution in [0.3, 0.4) is 0 Å². The van der Waals surface area contributed by atoms with E-state index in [1.54, 1.807) is 23.1 Å². The van der Waals surface area contributed by atoms with Crippen molar-refractivity contribution in [1.82, 2.24) is 4.98 Å². The number of aromatic nitrogens is 1. The molecule has 0 fully saturated rings. The van der Waals surface area contributed by atoms with E-state index in [4.69, 9.17) is 0 Å². The van der Waals surface area contributed by atoms with E-state index in [1.165, 1.54) is 9.60 Å². The van der Waals surface area contributed by atoms with Gasteiger partial charge in [-0.3, -0.25) is 0 Å². The lowest BCUT2D eigenvalue weighted by Gasteiger charge is -1.94. The molecule has 0 bridgehead atoms. The molecule has 0 aliphatic heterocycles. The molecule has 0 saturated carbocycles. The SMILES string of the molecule is Brc1ccc2nc(Sc3ccccc3)sc2c1. The molecule has 1 heterocycles. The van der Waals surface area contributed by atoms with Crippen molar-refractivity contribution in [2.24, 2.45) is 0 Å². The summed E-state index contributed by atoms with van der Waals surface area (Å²) >= 11 is 6.92. The highest BCUT2D eigenvalue weighted by molar-refractivity contribution is 9.10. The lowest BCUT2D eigenvalue weighted by Crippen LogP contribution is -1.70. The van der Waals surface area contributed by atoms with E-state index in [0.717, 1.165) is 14.3 Å². The van der Waals surface area contributed by atoms with Gasteiger partial charge in [0.1, 0.15) is 0 Å². The minimum Gasteiger partial charge on any atom is -0.229 e. The van der Waals surface area contributed by atoms with Crippen LogP contribution in [0.2, 0.25) is 0 Å². The molecule has 0 N–H and O–H groups in total. The fraction of sp³-hybridized carbons (Fsp3) is 0. The summed E-state index contributed by atoms with van der Waals surface area (Å²) in [6.07, 6.45) is 0. The van der Waals surface area contributed by atoms with Crippen molar-refractivity contribution < 1.29 is 0 Å². The normalized spacial score (nSPS) is 10.9. The summed E-state index contributed by atoms with van der Waals surface area (Å²) in [6.45, 7) is 0. The van der Waals surface area contributed by atoms with Crippen LogP contribution in [-0.2, 0) is 0 Å². The fourth-order valence-electron chi connectivity index (χ4n) is 1.51. The molecule has 3 rings (SSSR count). The summed E-state index contributed by atoms with van der Waals surface area (Å²) in [7, 11) is 0. The Morgan fingerprint density at radius 2 is 1.88 bits per heavy atom. The minimum absolute atomic E-state index is 1.07. The molecule has 3 aromatic rings. The Morgan fingerprint density at radius 1 is 1.06 bits per heavy atom. The van der Waals surface area contributed by atoms with Crippen LogP contribution in [0.4, 0.5) is 0 Å². The van der Waals surface area contributed by atoms with Crippen LogP contribution in [0.25, 0.3) is 10.2 Å².